The van der Waals surface area contributed by atoms with Crippen LogP contribution in [0.1, 0.15) is 25.0 Å². The van der Waals surface area contributed by atoms with E-state index in [9.17, 15) is 0 Å². The highest BCUT2D eigenvalue weighted by atomic mass is 15.1. The van der Waals surface area contributed by atoms with Crippen LogP contribution in [0.3, 0.4) is 0 Å². The van der Waals surface area contributed by atoms with Crippen molar-refractivity contribution in [1.82, 2.24) is 0 Å². The molecule has 0 radical (unpaired) electrons. The second-order valence-electron chi connectivity index (χ2n) is 16.1. The van der Waals surface area contributed by atoms with E-state index in [2.05, 4.69) is 231 Å². The number of rotatable bonds is 6. The number of anilines is 3. The molecule has 1 heteroatoms. The van der Waals surface area contributed by atoms with E-state index in [4.69, 9.17) is 0 Å². The lowest BCUT2D eigenvalue weighted by atomic mass is 9.81. The van der Waals surface area contributed by atoms with Crippen molar-refractivity contribution in [2.45, 2.75) is 19.3 Å². The third-order valence-electron chi connectivity index (χ3n) is 12.4. The minimum Gasteiger partial charge on any atom is -0.310 e. The highest BCUT2D eigenvalue weighted by Crippen LogP contribution is 2.52. The second kappa shape index (κ2) is 13.5. The number of hydrogen-bond acceptors (Lipinski definition) is 1. The van der Waals surface area contributed by atoms with E-state index in [0.717, 1.165) is 17.1 Å². The number of nitrogens with zero attached hydrogens (tertiary/aromatic N) is 1. The monoisotopic (exact) mass is 739 g/mol. The van der Waals surface area contributed by atoms with Gasteiger partial charge in [-0.2, -0.15) is 0 Å². The summed E-state index contributed by atoms with van der Waals surface area (Å²) in [6, 6.07) is 78.0. The molecule has 274 valence electrons. The van der Waals surface area contributed by atoms with E-state index in [1.807, 2.05) is 0 Å². The Hall–Kier alpha value is -7.22. The van der Waals surface area contributed by atoms with Crippen molar-refractivity contribution >= 4 is 49.4 Å². The van der Waals surface area contributed by atoms with Crippen molar-refractivity contribution in [2.24, 2.45) is 0 Å². The van der Waals surface area contributed by atoms with Crippen LogP contribution in [0.25, 0.3) is 76.8 Å². The van der Waals surface area contributed by atoms with Gasteiger partial charge in [-0.15, -0.1) is 0 Å². The van der Waals surface area contributed by atoms with Crippen molar-refractivity contribution in [3.8, 4) is 44.5 Å². The highest BCUT2D eigenvalue weighted by molar-refractivity contribution is 6.24. The van der Waals surface area contributed by atoms with Crippen molar-refractivity contribution in [1.29, 1.82) is 0 Å². The molecule has 0 heterocycles. The molecule has 0 spiro atoms. The first-order valence-corrected chi connectivity index (χ1v) is 20.3. The summed E-state index contributed by atoms with van der Waals surface area (Å²) in [5.41, 5.74) is 16.1. The first-order chi connectivity index (χ1) is 28.5. The zero-order valence-corrected chi connectivity index (χ0v) is 32.7. The predicted molar refractivity (Wildman–Crippen MR) is 248 cm³/mol. The molecule has 0 bridgehead atoms. The molecule has 0 amide bonds. The molecule has 0 aromatic heterocycles. The number of benzene rings is 10. The van der Waals surface area contributed by atoms with Crippen molar-refractivity contribution in [2.75, 3.05) is 4.90 Å². The average molecular weight is 740 g/mol. The summed E-state index contributed by atoms with van der Waals surface area (Å²) in [6.45, 7) is 4.78. The van der Waals surface area contributed by atoms with Crippen molar-refractivity contribution < 1.29 is 0 Å². The Morgan fingerprint density at radius 1 is 0.276 bits per heavy atom. The highest BCUT2D eigenvalue weighted by Gasteiger charge is 2.36. The van der Waals surface area contributed by atoms with Crippen LogP contribution in [0.5, 0.6) is 0 Å². The fourth-order valence-corrected chi connectivity index (χ4v) is 9.63. The number of hydrogen-bond donors (Lipinski definition) is 0. The maximum Gasteiger partial charge on any atom is 0.0465 e. The third-order valence-corrected chi connectivity index (χ3v) is 12.4. The summed E-state index contributed by atoms with van der Waals surface area (Å²) in [7, 11) is 0. The largest absolute Gasteiger partial charge is 0.310 e. The second-order valence-corrected chi connectivity index (χ2v) is 16.1. The number of para-hydroxylation sites is 2. The average Bonchev–Trinajstić information content (AvgIpc) is 3.51. The van der Waals surface area contributed by atoms with Crippen LogP contribution in [-0.2, 0) is 5.41 Å². The van der Waals surface area contributed by atoms with Crippen LogP contribution in [0.15, 0.2) is 212 Å². The molecule has 0 unspecified atom stereocenters. The Labute approximate surface area is 340 Å². The van der Waals surface area contributed by atoms with E-state index in [1.54, 1.807) is 0 Å². The molecule has 58 heavy (non-hydrogen) atoms. The van der Waals surface area contributed by atoms with Gasteiger partial charge in [0.25, 0.3) is 0 Å². The molecular weight excluding hydrogens is 699 g/mol. The first-order valence-electron chi connectivity index (χ1n) is 20.3. The molecule has 10 aromatic rings. The molecule has 11 rings (SSSR count). The third kappa shape index (κ3) is 5.39. The summed E-state index contributed by atoms with van der Waals surface area (Å²) in [5.74, 6) is 0. The molecule has 1 aliphatic carbocycles. The molecule has 1 aliphatic rings. The first kappa shape index (κ1) is 34.1. The molecule has 0 atom stereocenters. The normalized spacial score (nSPS) is 12.8. The summed E-state index contributed by atoms with van der Waals surface area (Å²) >= 11 is 0. The van der Waals surface area contributed by atoms with Crippen molar-refractivity contribution in [3.63, 3.8) is 0 Å². The summed E-state index contributed by atoms with van der Waals surface area (Å²) in [6.07, 6.45) is 0. The van der Waals surface area contributed by atoms with Crippen LogP contribution in [0.4, 0.5) is 17.1 Å². The fraction of sp³-hybridized carbons (Fsp3) is 0.0526. The van der Waals surface area contributed by atoms with Crippen LogP contribution >= 0.6 is 0 Å². The van der Waals surface area contributed by atoms with E-state index >= 15 is 0 Å². The lowest BCUT2D eigenvalue weighted by Crippen LogP contribution is -2.16. The van der Waals surface area contributed by atoms with Gasteiger partial charge in [0.2, 0.25) is 0 Å². The summed E-state index contributed by atoms with van der Waals surface area (Å²) in [4.78, 5) is 2.36. The van der Waals surface area contributed by atoms with E-state index in [1.165, 1.54) is 88.0 Å². The Morgan fingerprint density at radius 2 is 0.741 bits per heavy atom. The van der Waals surface area contributed by atoms with Gasteiger partial charge >= 0.3 is 0 Å². The van der Waals surface area contributed by atoms with Crippen LogP contribution in [-0.4, -0.2) is 0 Å². The van der Waals surface area contributed by atoms with Crippen LogP contribution < -0.4 is 4.90 Å². The van der Waals surface area contributed by atoms with E-state index in [-0.39, 0.29) is 5.41 Å². The topological polar surface area (TPSA) is 3.24 Å². The van der Waals surface area contributed by atoms with E-state index in [0.29, 0.717) is 0 Å². The molecule has 0 saturated carbocycles. The zero-order valence-electron chi connectivity index (χ0n) is 32.7. The molecule has 0 N–H and O–H groups in total. The Bertz CT molecular complexity index is 3140. The number of fused-ring (bicyclic) bond motifs is 8. The summed E-state index contributed by atoms with van der Waals surface area (Å²) in [5, 5.41) is 7.63. The maximum atomic E-state index is 2.47. The maximum absolute atomic E-state index is 2.47. The molecule has 0 fully saturated rings. The van der Waals surface area contributed by atoms with Gasteiger partial charge in [0.15, 0.2) is 0 Å². The van der Waals surface area contributed by atoms with Crippen molar-refractivity contribution in [3.05, 3.63) is 223 Å². The Kier molecular flexibility index (Phi) is 7.91. The van der Waals surface area contributed by atoms with Crippen LogP contribution in [0.2, 0.25) is 0 Å². The van der Waals surface area contributed by atoms with E-state index < -0.39 is 0 Å². The van der Waals surface area contributed by atoms with Gasteiger partial charge in [-0.1, -0.05) is 172 Å². The van der Waals surface area contributed by atoms with Gasteiger partial charge in [-0.05, 0) is 143 Å². The van der Waals surface area contributed by atoms with Gasteiger partial charge in [0, 0.05) is 22.5 Å². The van der Waals surface area contributed by atoms with Gasteiger partial charge in [-0.3, -0.25) is 0 Å². The van der Waals surface area contributed by atoms with Gasteiger partial charge in [0.05, 0.1) is 0 Å². The molecule has 0 aliphatic heterocycles. The lowest BCUT2D eigenvalue weighted by Gasteiger charge is -2.28. The van der Waals surface area contributed by atoms with Gasteiger partial charge < -0.3 is 4.90 Å². The summed E-state index contributed by atoms with van der Waals surface area (Å²) < 4.78 is 0. The Balaban J connectivity index is 1.07. The fourth-order valence-electron chi connectivity index (χ4n) is 9.63. The quantitative estimate of drug-likeness (QED) is 0.154. The predicted octanol–water partition coefficient (Wildman–Crippen LogP) is 15.9. The SMILES string of the molecule is CC1(C)c2cc(-c3cc4c5ccccc5c(-c5ccccc5-c5ccccc5)cc4c4ccccc34)ccc2-c2ccc(N(c3ccccc3)c3ccccc3)cc21. The molecular formula is C57H41N. The Morgan fingerprint density at radius 3 is 1.36 bits per heavy atom. The van der Waals surface area contributed by atoms with Gasteiger partial charge in [-0.25, -0.2) is 0 Å². The van der Waals surface area contributed by atoms with Crippen LogP contribution in [0, 0.1) is 0 Å². The van der Waals surface area contributed by atoms with Gasteiger partial charge in [0.1, 0.15) is 0 Å². The molecule has 10 aromatic carbocycles. The minimum atomic E-state index is -0.198. The lowest BCUT2D eigenvalue weighted by molar-refractivity contribution is 0.660. The standard InChI is InChI=1S/C57H41N/c1-57(2)55-34-39(30-32-49(55)50-33-31-42(35-56(50)57)58(40-20-8-4-9-21-40)41-22-10-5-11-23-41)51-36-53-48-29-17-16-28-47(48)52(37-54(53)46-27-15-14-26-45(46)51)44-25-13-12-24-43(44)38-18-6-3-7-19-38/h3-37H,1-2H3. The smallest absolute Gasteiger partial charge is 0.0465 e. The molecule has 0 saturated heterocycles. The zero-order chi connectivity index (χ0) is 38.8. The minimum absolute atomic E-state index is 0.198. The molecule has 1 nitrogen and oxygen atoms in total.